The first kappa shape index (κ1) is 20.8. The molecule has 0 aromatic heterocycles. The van der Waals surface area contributed by atoms with Crippen molar-refractivity contribution in [3.05, 3.63) is 63.6 Å². The molecule has 7 heteroatoms. The van der Waals surface area contributed by atoms with Crippen LogP contribution in [0, 0.1) is 0 Å². The van der Waals surface area contributed by atoms with Crippen molar-refractivity contribution in [3.63, 3.8) is 0 Å². The average molecular weight is 458 g/mol. The third-order valence-electron chi connectivity index (χ3n) is 6.66. The predicted octanol–water partition coefficient (Wildman–Crippen LogP) is 4.52. The topological polar surface area (TPSA) is 61.4 Å². The number of halogens is 2. The van der Waals surface area contributed by atoms with Crippen LogP contribution in [0.4, 0.5) is 5.69 Å². The Morgan fingerprint density at radius 1 is 1.10 bits per heavy atom. The molecule has 1 aliphatic heterocycles. The van der Waals surface area contributed by atoms with Crippen LogP contribution in [0.15, 0.2) is 42.5 Å². The summed E-state index contributed by atoms with van der Waals surface area (Å²) in [6.07, 6.45) is 5.55. The van der Waals surface area contributed by atoms with Crippen LogP contribution in [-0.4, -0.2) is 35.3 Å². The zero-order chi connectivity index (χ0) is 21.6. The fourth-order valence-electron chi connectivity index (χ4n) is 4.76. The highest BCUT2D eigenvalue weighted by Crippen LogP contribution is 2.47. The smallest absolute Gasteiger partial charge is 0.249 e. The molecule has 2 saturated carbocycles. The monoisotopic (exact) mass is 457 g/mol. The van der Waals surface area contributed by atoms with E-state index in [9.17, 15) is 9.59 Å². The molecule has 2 N–H and O–H groups in total. The van der Waals surface area contributed by atoms with Gasteiger partial charge in [-0.25, -0.2) is 0 Å². The summed E-state index contributed by atoms with van der Waals surface area (Å²) in [6.45, 7) is 0.192. The Morgan fingerprint density at radius 2 is 1.87 bits per heavy atom. The molecule has 1 heterocycles. The lowest BCUT2D eigenvalue weighted by Gasteiger charge is -2.47. The fraction of sp³-hybridized carbons (Fsp3) is 0.417. The van der Waals surface area contributed by atoms with Crippen LogP contribution in [0.25, 0.3) is 0 Å². The van der Waals surface area contributed by atoms with Crippen LogP contribution >= 0.6 is 23.2 Å². The van der Waals surface area contributed by atoms with E-state index in [0.717, 1.165) is 43.2 Å². The van der Waals surface area contributed by atoms with Crippen LogP contribution in [0.5, 0.6) is 0 Å². The van der Waals surface area contributed by atoms with Crippen LogP contribution < -0.4 is 10.6 Å². The van der Waals surface area contributed by atoms with E-state index in [-0.39, 0.29) is 30.4 Å². The van der Waals surface area contributed by atoms with Gasteiger partial charge in [0.15, 0.2) is 0 Å². The molecule has 31 heavy (non-hydrogen) atoms. The summed E-state index contributed by atoms with van der Waals surface area (Å²) in [7, 11) is 0. The molecule has 0 spiro atoms. The number of benzene rings is 2. The summed E-state index contributed by atoms with van der Waals surface area (Å²) >= 11 is 12.5. The van der Waals surface area contributed by atoms with E-state index >= 15 is 0 Å². The van der Waals surface area contributed by atoms with Crippen LogP contribution in [0.2, 0.25) is 10.0 Å². The van der Waals surface area contributed by atoms with Gasteiger partial charge in [0.25, 0.3) is 0 Å². The molecule has 5 rings (SSSR count). The van der Waals surface area contributed by atoms with E-state index in [4.69, 9.17) is 23.2 Å². The largest absolute Gasteiger partial charge is 0.352 e. The second-order valence-electron chi connectivity index (χ2n) is 8.87. The van der Waals surface area contributed by atoms with Crippen molar-refractivity contribution in [3.8, 4) is 0 Å². The average Bonchev–Trinajstić information content (AvgIpc) is 3.44. The van der Waals surface area contributed by atoms with Gasteiger partial charge >= 0.3 is 0 Å². The first-order chi connectivity index (χ1) is 15.0. The van der Waals surface area contributed by atoms with Gasteiger partial charge in [0.2, 0.25) is 11.8 Å². The van der Waals surface area contributed by atoms with E-state index < -0.39 is 5.54 Å². The van der Waals surface area contributed by atoms with Gasteiger partial charge in [-0.1, -0.05) is 47.8 Å². The molecule has 2 amide bonds. The highest BCUT2D eigenvalue weighted by molar-refractivity contribution is 6.31. The Morgan fingerprint density at radius 3 is 2.55 bits per heavy atom. The lowest BCUT2D eigenvalue weighted by molar-refractivity contribution is -0.136. The van der Waals surface area contributed by atoms with Gasteiger partial charge in [-0.15, -0.1) is 0 Å². The molecule has 1 unspecified atom stereocenters. The van der Waals surface area contributed by atoms with Gasteiger partial charge in [-0.05, 0) is 55.5 Å². The number of amides is 2. The summed E-state index contributed by atoms with van der Waals surface area (Å²) in [4.78, 5) is 28.7. The number of nitrogens with zero attached hydrogens (tertiary/aromatic N) is 1. The van der Waals surface area contributed by atoms with E-state index in [2.05, 4.69) is 15.5 Å². The number of nitrogens with one attached hydrogen (secondary N) is 2. The predicted molar refractivity (Wildman–Crippen MR) is 122 cm³/mol. The van der Waals surface area contributed by atoms with Crippen LogP contribution in [0.3, 0.4) is 0 Å². The Hall–Kier alpha value is -2.08. The number of anilines is 1. The van der Waals surface area contributed by atoms with Crippen LogP contribution in [-0.2, 0) is 21.5 Å². The van der Waals surface area contributed by atoms with Crippen molar-refractivity contribution < 1.29 is 9.59 Å². The van der Waals surface area contributed by atoms with E-state index in [1.165, 1.54) is 0 Å². The lowest BCUT2D eigenvalue weighted by atomic mass is 9.78. The molecule has 162 valence electrons. The Kier molecular flexibility index (Phi) is 5.45. The summed E-state index contributed by atoms with van der Waals surface area (Å²) in [6, 6.07) is 13.6. The fourth-order valence-corrected chi connectivity index (χ4v) is 5.15. The second-order valence-corrected chi connectivity index (χ2v) is 9.74. The van der Waals surface area contributed by atoms with Gasteiger partial charge in [0, 0.05) is 39.8 Å². The number of hydrogen-bond acceptors (Lipinski definition) is 3. The number of rotatable bonds is 7. The number of hydrogen-bond donors (Lipinski definition) is 2. The van der Waals surface area contributed by atoms with E-state index in [1.807, 2.05) is 36.4 Å². The van der Waals surface area contributed by atoms with Crippen molar-refractivity contribution in [1.29, 1.82) is 0 Å². The summed E-state index contributed by atoms with van der Waals surface area (Å²) in [5, 5.41) is 7.34. The molecule has 0 radical (unpaired) electrons. The van der Waals surface area contributed by atoms with Crippen molar-refractivity contribution in [1.82, 2.24) is 10.2 Å². The number of carbonyl (C=O) groups excluding carboxylic acids is 2. The standard InChI is InChI=1S/C24H25Cl2N3O2/c25-16-4-1-3-15(11-16)13-24(20-10-7-17(26)12-21(20)28-23(24)31)29(19-5-2-6-19)14-22(30)27-18-8-9-18/h1,3-4,7,10-12,18-19H,2,5-6,8-9,13-14H2,(H,27,30)(H,28,31). The molecule has 5 nitrogen and oxygen atoms in total. The van der Waals surface area contributed by atoms with Gasteiger partial charge in [-0.3, -0.25) is 14.5 Å². The Balaban J connectivity index is 1.60. The second kappa shape index (κ2) is 8.12. The molecule has 0 saturated heterocycles. The highest BCUT2D eigenvalue weighted by atomic mass is 35.5. The molecule has 3 aliphatic rings. The molecule has 2 aromatic rings. The van der Waals surface area contributed by atoms with Crippen molar-refractivity contribution in [2.24, 2.45) is 0 Å². The Labute approximate surface area is 192 Å². The summed E-state index contributed by atoms with van der Waals surface area (Å²) < 4.78 is 0. The maximum atomic E-state index is 13.7. The molecule has 1 atom stereocenters. The maximum Gasteiger partial charge on any atom is 0.249 e. The quantitative estimate of drug-likeness (QED) is 0.642. The maximum absolute atomic E-state index is 13.7. The minimum Gasteiger partial charge on any atom is -0.352 e. The molecular formula is C24H25Cl2N3O2. The zero-order valence-corrected chi connectivity index (χ0v) is 18.7. The van der Waals surface area contributed by atoms with Crippen molar-refractivity contribution >= 4 is 40.7 Å². The molecular weight excluding hydrogens is 433 g/mol. The summed E-state index contributed by atoms with van der Waals surface area (Å²) in [5.74, 6) is -0.133. The summed E-state index contributed by atoms with van der Waals surface area (Å²) in [5.41, 5.74) is 1.55. The molecule has 2 aliphatic carbocycles. The number of carbonyl (C=O) groups is 2. The van der Waals surface area contributed by atoms with E-state index in [1.54, 1.807) is 6.07 Å². The normalized spacial score (nSPS) is 22.7. The third-order valence-corrected chi connectivity index (χ3v) is 7.13. The minimum absolute atomic E-state index is 0.0184. The molecule has 2 fully saturated rings. The lowest BCUT2D eigenvalue weighted by Crippen LogP contribution is -2.60. The minimum atomic E-state index is -0.990. The first-order valence-corrected chi connectivity index (χ1v) is 11.6. The van der Waals surface area contributed by atoms with Gasteiger partial charge in [0.05, 0.1) is 6.54 Å². The number of fused-ring (bicyclic) bond motifs is 1. The van der Waals surface area contributed by atoms with Gasteiger partial charge in [0.1, 0.15) is 5.54 Å². The van der Waals surface area contributed by atoms with Crippen molar-refractivity contribution in [2.45, 2.75) is 56.1 Å². The van der Waals surface area contributed by atoms with Crippen molar-refractivity contribution in [2.75, 3.05) is 11.9 Å². The first-order valence-electron chi connectivity index (χ1n) is 10.9. The molecule has 0 bridgehead atoms. The van der Waals surface area contributed by atoms with Gasteiger partial charge in [-0.2, -0.15) is 0 Å². The zero-order valence-electron chi connectivity index (χ0n) is 17.2. The SMILES string of the molecule is O=C(CN(C1CCC1)C1(Cc2cccc(Cl)c2)C(=O)Nc2cc(Cl)ccc21)NC1CC1. The van der Waals surface area contributed by atoms with E-state index in [0.29, 0.717) is 22.2 Å². The Bertz CT molecular complexity index is 1040. The van der Waals surface area contributed by atoms with Gasteiger partial charge < -0.3 is 10.6 Å². The third kappa shape index (κ3) is 3.95. The molecule has 2 aromatic carbocycles. The highest BCUT2D eigenvalue weighted by Gasteiger charge is 2.54. The van der Waals surface area contributed by atoms with Crippen LogP contribution in [0.1, 0.15) is 43.2 Å².